The molecule has 0 saturated heterocycles. The standard InChI is InChI=1S/C14H19N3O2/c1-9(2)14(3,4)8-17-11-7-5-6-10(13(18)19)12(11)15-16-17/h5-7,9H,8H2,1-4H3,(H,18,19). The molecule has 0 radical (unpaired) electrons. The summed E-state index contributed by atoms with van der Waals surface area (Å²) >= 11 is 0. The van der Waals surface area contributed by atoms with Gasteiger partial charge in [0.1, 0.15) is 5.52 Å². The number of aromatic nitrogens is 3. The van der Waals surface area contributed by atoms with Crippen molar-refractivity contribution in [3.8, 4) is 0 Å². The first-order valence-corrected chi connectivity index (χ1v) is 6.38. The van der Waals surface area contributed by atoms with E-state index in [1.807, 2.05) is 6.07 Å². The van der Waals surface area contributed by atoms with E-state index in [2.05, 4.69) is 38.0 Å². The molecule has 0 saturated carbocycles. The molecule has 1 heterocycles. The highest BCUT2D eigenvalue weighted by Gasteiger charge is 2.25. The fourth-order valence-corrected chi connectivity index (χ4v) is 1.85. The molecule has 102 valence electrons. The highest BCUT2D eigenvalue weighted by Crippen LogP contribution is 2.29. The van der Waals surface area contributed by atoms with Gasteiger partial charge in [-0.1, -0.05) is 39.0 Å². The number of aromatic carboxylic acids is 1. The molecule has 0 fully saturated rings. The predicted octanol–water partition coefficient (Wildman–Crippen LogP) is 2.81. The van der Waals surface area contributed by atoms with Gasteiger partial charge in [0.2, 0.25) is 0 Å². The Morgan fingerprint density at radius 2 is 2.11 bits per heavy atom. The van der Waals surface area contributed by atoms with Crippen molar-refractivity contribution in [1.82, 2.24) is 15.0 Å². The Morgan fingerprint density at radius 3 is 2.68 bits per heavy atom. The fraction of sp³-hybridized carbons (Fsp3) is 0.500. The van der Waals surface area contributed by atoms with Crippen LogP contribution < -0.4 is 0 Å². The van der Waals surface area contributed by atoms with E-state index in [9.17, 15) is 4.79 Å². The van der Waals surface area contributed by atoms with Gasteiger partial charge in [-0.25, -0.2) is 9.48 Å². The molecule has 2 rings (SSSR count). The first kappa shape index (κ1) is 13.5. The molecule has 0 aliphatic carbocycles. The maximum absolute atomic E-state index is 11.1. The van der Waals surface area contributed by atoms with Crippen molar-refractivity contribution in [2.45, 2.75) is 34.2 Å². The van der Waals surface area contributed by atoms with Crippen LogP contribution in [0.25, 0.3) is 11.0 Å². The summed E-state index contributed by atoms with van der Waals surface area (Å²) in [5.41, 5.74) is 1.49. The number of hydrogen-bond donors (Lipinski definition) is 1. The SMILES string of the molecule is CC(C)C(C)(C)Cn1nnc2c(C(=O)O)cccc21. The third-order valence-electron chi connectivity index (χ3n) is 3.90. The Labute approximate surface area is 112 Å². The monoisotopic (exact) mass is 261 g/mol. The van der Waals surface area contributed by atoms with Crippen molar-refractivity contribution < 1.29 is 9.90 Å². The lowest BCUT2D eigenvalue weighted by atomic mass is 9.81. The molecule has 0 bridgehead atoms. The second-order valence-electron chi connectivity index (χ2n) is 5.87. The summed E-state index contributed by atoms with van der Waals surface area (Å²) in [4.78, 5) is 11.1. The van der Waals surface area contributed by atoms with Crippen LogP contribution in [-0.4, -0.2) is 26.1 Å². The van der Waals surface area contributed by atoms with E-state index in [-0.39, 0.29) is 11.0 Å². The molecule has 19 heavy (non-hydrogen) atoms. The summed E-state index contributed by atoms with van der Waals surface area (Å²) < 4.78 is 1.79. The van der Waals surface area contributed by atoms with Crippen LogP contribution in [0.2, 0.25) is 0 Å². The molecule has 0 unspecified atom stereocenters. The van der Waals surface area contributed by atoms with Crippen LogP contribution in [0.5, 0.6) is 0 Å². The molecule has 1 aromatic heterocycles. The number of nitrogens with zero attached hydrogens (tertiary/aromatic N) is 3. The first-order valence-electron chi connectivity index (χ1n) is 6.38. The number of benzene rings is 1. The van der Waals surface area contributed by atoms with Crippen LogP contribution in [0.3, 0.4) is 0 Å². The van der Waals surface area contributed by atoms with Crippen molar-refractivity contribution in [1.29, 1.82) is 0 Å². The maximum Gasteiger partial charge on any atom is 0.338 e. The van der Waals surface area contributed by atoms with Gasteiger partial charge in [-0.05, 0) is 23.5 Å². The van der Waals surface area contributed by atoms with Gasteiger partial charge in [0.15, 0.2) is 0 Å². The molecule has 2 aromatic rings. The highest BCUT2D eigenvalue weighted by atomic mass is 16.4. The zero-order valence-electron chi connectivity index (χ0n) is 11.7. The highest BCUT2D eigenvalue weighted by molar-refractivity contribution is 6.00. The largest absolute Gasteiger partial charge is 0.478 e. The van der Waals surface area contributed by atoms with Crippen molar-refractivity contribution >= 4 is 17.0 Å². The van der Waals surface area contributed by atoms with Crippen molar-refractivity contribution in [3.63, 3.8) is 0 Å². The normalized spacial score (nSPS) is 12.3. The first-order chi connectivity index (χ1) is 8.83. The molecule has 1 N–H and O–H groups in total. The van der Waals surface area contributed by atoms with E-state index in [1.54, 1.807) is 16.8 Å². The number of fused-ring (bicyclic) bond motifs is 1. The van der Waals surface area contributed by atoms with E-state index < -0.39 is 5.97 Å². The molecule has 5 nitrogen and oxygen atoms in total. The number of hydrogen-bond acceptors (Lipinski definition) is 3. The third-order valence-corrected chi connectivity index (χ3v) is 3.90. The molecule has 5 heteroatoms. The second kappa shape index (κ2) is 4.64. The van der Waals surface area contributed by atoms with Gasteiger partial charge < -0.3 is 5.11 Å². The molecule has 0 amide bonds. The van der Waals surface area contributed by atoms with Crippen LogP contribution in [-0.2, 0) is 6.54 Å². The predicted molar refractivity (Wildman–Crippen MR) is 73.1 cm³/mol. The maximum atomic E-state index is 11.1. The summed E-state index contributed by atoms with van der Waals surface area (Å²) in [5, 5.41) is 17.3. The lowest BCUT2D eigenvalue weighted by Gasteiger charge is -2.28. The Balaban J connectivity index is 2.47. The zero-order chi connectivity index (χ0) is 14.2. The third kappa shape index (κ3) is 2.45. The average molecular weight is 261 g/mol. The Bertz CT molecular complexity index is 614. The summed E-state index contributed by atoms with van der Waals surface area (Å²) in [5.74, 6) is -0.477. The summed E-state index contributed by atoms with van der Waals surface area (Å²) in [7, 11) is 0. The van der Waals surface area contributed by atoms with Crippen LogP contribution in [0, 0.1) is 11.3 Å². The van der Waals surface area contributed by atoms with Gasteiger partial charge in [0.05, 0.1) is 11.1 Å². The quantitative estimate of drug-likeness (QED) is 0.918. The topological polar surface area (TPSA) is 68.0 Å². The Kier molecular flexibility index (Phi) is 3.30. The van der Waals surface area contributed by atoms with Crippen molar-refractivity contribution in [2.75, 3.05) is 0 Å². The van der Waals surface area contributed by atoms with E-state index in [1.165, 1.54) is 0 Å². The Hall–Kier alpha value is -1.91. The molecular weight excluding hydrogens is 242 g/mol. The number of carboxylic acid groups (broad SMARTS) is 1. The van der Waals surface area contributed by atoms with E-state index >= 15 is 0 Å². The van der Waals surface area contributed by atoms with Gasteiger partial charge in [-0.2, -0.15) is 0 Å². The average Bonchev–Trinajstić information content (AvgIpc) is 2.71. The van der Waals surface area contributed by atoms with E-state index in [0.29, 0.717) is 18.0 Å². The molecule has 1 aromatic carbocycles. The van der Waals surface area contributed by atoms with Crippen LogP contribution >= 0.6 is 0 Å². The van der Waals surface area contributed by atoms with Crippen LogP contribution in [0.4, 0.5) is 0 Å². The van der Waals surface area contributed by atoms with Gasteiger partial charge in [-0.15, -0.1) is 5.10 Å². The molecule has 0 spiro atoms. The lowest BCUT2D eigenvalue weighted by molar-refractivity contribution is 0.0699. The molecular formula is C14H19N3O2. The smallest absolute Gasteiger partial charge is 0.338 e. The lowest BCUT2D eigenvalue weighted by Crippen LogP contribution is -2.26. The minimum Gasteiger partial charge on any atom is -0.478 e. The van der Waals surface area contributed by atoms with Gasteiger partial charge in [0, 0.05) is 6.54 Å². The zero-order valence-corrected chi connectivity index (χ0v) is 11.7. The van der Waals surface area contributed by atoms with Gasteiger partial charge >= 0.3 is 5.97 Å². The van der Waals surface area contributed by atoms with Crippen molar-refractivity contribution in [2.24, 2.45) is 11.3 Å². The number of rotatable bonds is 4. The minimum atomic E-state index is -0.972. The number of carboxylic acids is 1. The summed E-state index contributed by atoms with van der Waals surface area (Å²) in [6, 6.07) is 5.14. The van der Waals surface area contributed by atoms with Crippen LogP contribution in [0.15, 0.2) is 18.2 Å². The van der Waals surface area contributed by atoms with Gasteiger partial charge in [0.25, 0.3) is 0 Å². The fourth-order valence-electron chi connectivity index (χ4n) is 1.85. The van der Waals surface area contributed by atoms with Gasteiger partial charge in [-0.3, -0.25) is 0 Å². The minimum absolute atomic E-state index is 0.0693. The summed E-state index contributed by atoms with van der Waals surface area (Å²) in [6.07, 6.45) is 0. The van der Waals surface area contributed by atoms with Crippen LogP contribution in [0.1, 0.15) is 38.1 Å². The Morgan fingerprint density at radius 1 is 1.42 bits per heavy atom. The van der Waals surface area contributed by atoms with E-state index in [4.69, 9.17) is 5.11 Å². The summed E-state index contributed by atoms with van der Waals surface area (Å²) in [6.45, 7) is 9.40. The van der Waals surface area contributed by atoms with Crippen molar-refractivity contribution in [3.05, 3.63) is 23.8 Å². The van der Waals surface area contributed by atoms with E-state index in [0.717, 1.165) is 5.52 Å². The molecule has 0 aliphatic heterocycles. The molecule has 0 atom stereocenters. The molecule has 0 aliphatic rings. The second-order valence-corrected chi connectivity index (χ2v) is 5.87. The number of carbonyl (C=O) groups is 1.